The summed E-state index contributed by atoms with van der Waals surface area (Å²) in [6, 6.07) is 16.6. The molecule has 3 heterocycles. The van der Waals surface area contributed by atoms with Crippen LogP contribution in [0.2, 0.25) is 0 Å². The highest BCUT2D eigenvalue weighted by atomic mass is 16.5. The van der Waals surface area contributed by atoms with Crippen molar-refractivity contribution in [2.45, 2.75) is 37.8 Å². The summed E-state index contributed by atoms with van der Waals surface area (Å²) < 4.78 is 5.47. The van der Waals surface area contributed by atoms with Gasteiger partial charge in [0.05, 0.1) is 13.2 Å². The number of fused-ring (bicyclic) bond motifs is 6. The van der Waals surface area contributed by atoms with Crippen LogP contribution in [0, 0.1) is 5.92 Å². The quantitative estimate of drug-likeness (QED) is 0.724. The van der Waals surface area contributed by atoms with Crippen molar-refractivity contribution in [1.82, 2.24) is 9.88 Å². The van der Waals surface area contributed by atoms with Crippen LogP contribution >= 0.6 is 0 Å². The van der Waals surface area contributed by atoms with Gasteiger partial charge in [-0.15, -0.1) is 0 Å². The summed E-state index contributed by atoms with van der Waals surface area (Å²) in [5.74, 6) is 1.81. The Balaban J connectivity index is 1.53. The van der Waals surface area contributed by atoms with Crippen molar-refractivity contribution >= 4 is 10.9 Å². The molecule has 2 atom stereocenters. The van der Waals surface area contributed by atoms with Crippen LogP contribution in [0.3, 0.4) is 0 Å². The molecule has 3 aromatic rings. The van der Waals surface area contributed by atoms with Gasteiger partial charge in [0.25, 0.3) is 0 Å². The minimum atomic E-state index is 0.502. The number of H-pyrrole nitrogens is 1. The van der Waals surface area contributed by atoms with Crippen LogP contribution in [-0.2, 0) is 12.8 Å². The molecule has 0 amide bonds. The van der Waals surface area contributed by atoms with E-state index in [-0.39, 0.29) is 0 Å². The maximum atomic E-state index is 5.47. The molecule has 6 rings (SSSR count). The number of aromatic amines is 1. The second kappa shape index (κ2) is 5.37. The number of ether oxygens (including phenoxy) is 1. The molecule has 1 aromatic heterocycles. The van der Waals surface area contributed by atoms with E-state index in [2.05, 4.69) is 52.3 Å². The fourth-order valence-corrected chi connectivity index (χ4v) is 5.37. The Morgan fingerprint density at radius 2 is 2.00 bits per heavy atom. The van der Waals surface area contributed by atoms with Crippen LogP contribution < -0.4 is 4.74 Å². The summed E-state index contributed by atoms with van der Waals surface area (Å²) in [4.78, 5) is 6.60. The zero-order chi connectivity index (χ0) is 17.3. The van der Waals surface area contributed by atoms with Gasteiger partial charge in [-0.2, -0.15) is 0 Å². The van der Waals surface area contributed by atoms with Crippen molar-refractivity contribution in [1.29, 1.82) is 0 Å². The molecule has 26 heavy (non-hydrogen) atoms. The smallest absolute Gasteiger partial charge is 0.119 e. The first-order valence-electron chi connectivity index (χ1n) is 9.85. The second-order valence-corrected chi connectivity index (χ2v) is 8.12. The zero-order valence-electron chi connectivity index (χ0n) is 15.2. The normalized spacial score (nSPS) is 24.8. The molecule has 0 spiro atoms. The summed E-state index contributed by atoms with van der Waals surface area (Å²) in [7, 11) is 1.76. The van der Waals surface area contributed by atoms with E-state index in [1.807, 2.05) is 0 Å². The first-order chi connectivity index (χ1) is 12.8. The summed E-state index contributed by atoms with van der Waals surface area (Å²) in [5.41, 5.74) is 7.35. The molecule has 3 heteroatoms. The molecule has 3 aliphatic rings. The van der Waals surface area contributed by atoms with E-state index >= 15 is 0 Å². The number of para-hydroxylation sites is 1. The second-order valence-electron chi connectivity index (χ2n) is 8.12. The summed E-state index contributed by atoms with van der Waals surface area (Å²) in [6.07, 6.45) is 4.99. The van der Waals surface area contributed by atoms with E-state index in [9.17, 15) is 0 Å². The Bertz CT molecular complexity index is 1000. The molecule has 1 N–H and O–H groups in total. The first-order valence-corrected chi connectivity index (χ1v) is 9.85. The van der Waals surface area contributed by atoms with Gasteiger partial charge >= 0.3 is 0 Å². The van der Waals surface area contributed by atoms with E-state index in [0.717, 1.165) is 31.1 Å². The molecule has 0 bridgehead atoms. The highest BCUT2D eigenvalue weighted by molar-refractivity contribution is 5.85. The van der Waals surface area contributed by atoms with E-state index in [0.29, 0.717) is 12.1 Å². The highest BCUT2D eigenvalue weighted by Crippen LogP contribution is 2.54. The lowest BCUT2D eigenvalue weighted by Crippen LogP contribution is -2.43. The van der Waals surface area contributed by atoms with Crippen LogP contribution in [0.5, 0.6) is 5.75 Å². The van der Waals surface area contributed by atoms with Gasteiger partial charge in [-0.1, -0.05) is 24.3 Å². The van der Waals surface area contributed by atoms with Crippen LogP contribution in [0.1, 0.15) is 47.3 Å². The van der Waals surface area contributed by atoms with Gasteiger partial charge in [-0.25, -0.2) is 0 Å². The molecule has 2 aromatic carbocycles. The van der Waals surface area contributed by atoms with Gasteiger partial charge in [-0.3, -0.25) is 4.90 Å². The predicted octanol–water partition coefficient (Wildman–Crippen LogP) is 4.78. The van der Waals surface area contributed by atoms with Crippen molar-refractivity contribution in [2.75, 3.05) is 13.7 Å². The summed E-state index contributed by atoms with van der Waals surface area (Å²) in [5, 5.41) is 1.42. The highest BCUT2D eigenvalue weighted by Gasteiger charge is 2.46. The molecule has 0 saturated heterocycles. The zero-order valence-corrected chi connectivity index (χ0v) is 15.2. The number of nitrogens with one attached hydrogen (secondary N) is 1. The Morgan fingerprint density at radius 3 is 2.85 bits per heavy atom. The number of aromatic nitrogens is 1. The molecule has 1 unspecified atom stereocenters. The van der Waals surface area contributed by atoms with Crippen molar-refractivity contribution < 1.29 is 4.74 Å². The number of hydrogen-bond acceptors (Lipinski definition) is 2. The number of methoxy groups -OCH3 is 1. The lowest BCUT2D eigenvalue weighted by atomic mass is 9.81. The molecule has 2 aliphatic heterocycles. The number of hydrogen-bond donors (Lipinski definition) is 1. The lowest BCUT2D eigenvalue weighted by Gasteiger charge is -2.46. The third-order valence-electron chi connectivity index (χ3n) is 6.71. The van der Waals surface area contributed by atoms with Crippen LogP contribution in [0.15, 0.2) is 42.5 Å². The largest absolute Gasteiger partial charge is 0.497 e. The van der Waals surface area contributed by atoms with Crippen LogP contribution in [0.4, 0.5) is 0 Å². The Hall–Kier alpha value is -2.26. The lowest BCUT2D eigenvalue weighted by molar-refractivity contribution is 0.0907. The van der Waals surface area contributed by atoms with Gasteiger partial charge in [0, 0.05) is 29.2 Å². The fourth-order valence-electron chi connectivity index (χ4n) is 5.37. The molecule has 1 aliphatic carbocycles. The van der Waals surface area contributed by atoms with Gasteiger partial charge in [-0.05, 0) is 66.5 Å². The Morgan fingerprint density at radius 1 is 1.12 bits per heavy atom. The van der Waals surface area contributed by atoms with Gasteiger partial charge in [0.2, 0.25) is 0 Å². The van der Waals surface area contributed by atoms with E-state index in [1.165, 1.54) is 40.6 Å². The minimum absolute atomic E-state index is 0.502. The number of benzene rings is 2. The molecule has 1 fully saturated rings. The third-order valence-corrected chi connectivity index (χ3v) is 6.71. The predicted molar refractivity (Wildman–Crippen MR) is 104 cm³/mol. The van der Waals surface area contributed by atoms with Crippen LogP contribution in [0.25, 0.3) is 10.9 Å². The Kier molecular flexibility index (Phi) is 3.07. The van der Waals surface area contributed by atoms with Gasteiger partial charge < -0.3 is 9.72 Å². The van der Waals surface area contributed by atoms with E-state index in [1.54, 1.807) is 12.7 Å². The average Bonchev–Trinajstić information content (AvgIpc) is 3.46. The van der Waals surface area contributed by atoms with Gasteiger partial charge in [0.15, 0.2) is 0 Å². The average molecular weight is 344 g/mol. The maximum absolute atomic E-state index is 5.47. The van der Waals surface area contributed by atoms with Crippen molar-refractivity contribution in [3.05, 3.63) is 64.8 Å². The standard InChI is InChI=1S/C23H24N2O/c1-26-16-8-9-17-15(12-16)10-11-25-21(17)13-19-18-4-2-3-5-20(18)24-22(19)23(25)14-6-7-14/h2-5,8-9,12,14,21,23-24H,6-7,10-11,13H2,1H3/t21-,23?/m0/s1. The SMILES string of the molecule is COc1ccc2c(c1)CCN1C(C3CC3)c3[nH]c4ccccc4c3C[C@@H]21. The topological polar surface area (TPSA) is 28.3 Å². The summed E-state index contributed by atoms with van der Waals surface area (Å²) >= 11 is 0. The third kappa shape index (κ3) is 2.04. The van der Waals surface area contributed by atoms with E-state index in [4.69, 9.17) is 4.74 Å². The van der Waals surface area contributed by atoms with Crippen molar-refractivity contribution in [3.63, 3.8) is 0 Å². The molecular formula is C23H24N2O. The monoisotopic (exact) mass is 344 g/mol. The number of nitrogens with zero attached hydrogens (tertiary/aromatic N) is 1. The first kappa shape index (κ1) is 14.9. The minimum Gasteiger partial charge on any atom is -0.497 e. The number of rotatable bonds is 2. The molecule has 3 nitrogen and oxygen atoms in total. The fraction of sp³-hybridized carbons (Fsp3) is 0.391. The molecule has 0 radical (unpaired) electrons. The molecule has 132 valence electrons. The molecule has 1 saturated carbocycles. The van der Waals surface area contributed by atoms with Crippen molar-refractivity contribution in [3.8, 4) is 5.75 Å². The van der Waals surface area contributed by atoms with Gasteiger partial charge in [0.1, 0.15) is 5.75 Å². The van der Waals surface area contributed by atoms with Crippen LogP contribution in [-0.4, -0.2) is 23.5 Å². The van der Waals surface area contributed by atoms with E-state index < -0.39 is 0 Å². The maximum Gasteiger partial charge on any atom is 0.119 e. The van der Waals surface area contributed by atoms with Crippen molar-refractivity contribution in [2.24, 2.45) is 5.92 Å². The molecular weight excluding hydrogens is 320 g/mol. The Labute approximate surface area is 154 Å². The summed E-state index contributed by atoms with van der Waals surface area (Å²) in [6.45, 7) is 1.15.